The van der Waals surface area contributed by atoms with Crippen LogP contribution in [-0.4, -0.2) is 26.8 Å². The molecule has 0 radical (unpaired) electrons. The fourth-order valence-corrected chi connectivity index (χ4v) is 4.45. The van der Waals surface area contributed by atoms with Gasteiger partial charge in [0.15, 0.2) is 11.3 Å². The molecule has 0 amide bonds. The number of benzene rings is 1. The van der Waals surface area contributed by atoms with Gasteiger partial charge in [0.1, 0.15) is 3.70 Å². The average Bonchev–Trinajstić information content (AvgIpc) is 3.11. The summed E-state index contributed by atoms with van der Waals surface area (Å²) >= 11 is 2.16. The average molecular weight is 438 g/mol. The third-order valence-electron chi connectivity index (χ3n) is 3.67. The molecule has 116 valence electrons. The number of aryl methyl sites for hydroxylation is 1. The second kappa shape index (κ2) is 5.03. The van der Waals surface area contributed by atoms with E-state index in [0.717, 1.165) is 9.26 Å². The minimum absolute atomic E-state index is 0.239. The van der Waals surface area contributed by atoms with Crippen LogP contribution in [0, 0.1) is 10.6 Å². The van der Waals surface area contributed by atoms with Gasteiger partial charge in [0.2, 0.25) is 0 Å². The maximum absolute atomic E-state index is 12.9. The Labute approximate surface area is 146 Å². The van der Waals surface area contributed by atoms with Crippen molar-refractivity contribution in [3.05, 3.63) is 58.2 Å². The summed E-state index contributed by atoms with van der Waals surface area (Å²) in [6, 6.07) is 8.52. The molecule has 4 rings (SSSR count). The largest absolute Gasteiger partial charge is 0.283 e. The molecule has 0 saturated carbocycles. The Balaban J connectivity index is 2.00. The first-order valence-electron chi connectivity index (χ1n) is 6.80. The summed E-state index contributed by atoms with van der Waals surface area (Å²) in [5, 5.41) is 0. The molecule has 6 nitrogen and oxygen atoms in total. The number of hydrogen-bond donors (Lipinski definition) is 0. The van der Waals surface area contributed by atoms with Crippen LogP contribution in [0.15, 0.2) is 53.8 Å². The van der Waals surface area contributed by atoms with E-state index in [4.69, 9.17) is 0 Å². The van der Waals surface area contributed by atoms with Gasteiger partial charge in [0, 0.05) is 6.20 Å². The zero-order valence-corrected chi connectivity index (χ0v) is 15.0. The molecule has 8 heteroatoms. The lowest BCUT2D eigenvalue weighted by molar-refractivity contribution is 0.588. The highest BCUT2D eigenvalue weighted by atomic mass is 127. The Morgan fingerprint density at radius 2 is 1.78 bits per heavy atom. The zero-order chi connectivity index (χ0) is 16.2. The summed E-state index contributed by atoms with van der Waals surface area (Å²) in [6.07, 6.45) is 4.83. The molecule has 0 aliphatic heterocycles. The summed E-state index contributed by atoms with van der Waals surface area (Å²) in [6.45, 7) is 1.92. The Morgan fingerprint density at radius 1 is 1.04 bits per heavy atom. The maximum atomic E-state index is 12.9. The van der Waals surface area contributed by atoms with Gasteiger partial charge in [-0.1, -0.05) is 17.7 Å². The van der Waals surface area contributed by atoms with Crippen molar-refractivity contribution in [1.82, 2.24) is 18.3 Å². The van der Waals surface area contributed by atoms with Crippen molar-refractivity contribution in [1.29, 1.82) is 0 Å². The van der Waals surface area contributed by atoms with E-state index in [1.807, 2.05) is 11.3 Å². The highest BCUT2D eigenvalue weighted by Gasteiger charge is 2.21. The Hall–Kier alpha value is -1.94. The van der Waals surface area contributed by atoms with Crippen LogP contribution >= 0.6 is 22.6 Å². The van der Waals surface area contributed by atoms with E-state index >= 15 is 0 Å². The molecule has 0 unspecified atom stereocenters. The lowest BCUT2D eigenvalue weighted by atomic mass is 10.2. The van der Waals surface area contributed by atoms with Gasteiger partial charge in [0.05, 0.1) is 22.8 Å². The molecular weight excluding hydrogens is 427 g/mol. The number of halogens is 1. The fraction of sp³-hybridized carbons (Fsp3) is 0.0667. The summed E-state index contributed by atoms with van der Waals surface area (Å²) in [5.74, 6) is 0. The van der Waals surface area contributed by atoms with Crippen molar-refractivity contribution in [2.24, 2.45) is 0 Å². The van der Waals surface area contributed by atoms with Crippen molar-refractivity contribution in [2.75, 3.05) is 0 Å². The van der Waals surface area contributed by atoms with E-state index in [2.05, 4.69) is 32.6 Å². The molecule has 4 aromatic rings. The van der Waals surface area contributed by atoms with Gasteiger partial charge in [-0.2, -0.15) is 0 Å². The van der Waals surface area contributed by atoms with Gasteiger partial charge in [0.25, 0.3) is 10.0 Å². The first-order chi connectivity index (χ1) is 11.0. The van der Waals surface area contributed by atoms with Crippen LogP contribution in [0.5, 0.6) is 0 Å². The molecule has 0 aliphatic rings. The monoisotopic (exact) mass is 438 g/mol. The van der Waals surface area contributed by atoms with Gasteiger partial charge in [-0.15, -0.1) is 0 Å². The number of hydrogen-bond acceptors (Lipinski definition) is 4. The van der Waals surface area contributed by atoms with E-state index in [0.29, 0.717) is 16.8 Å². The second-order valence-electron chi connectivity index (χ2n) is 5.17. The number of imidazole rings is 1. The molecule has 3 aromatic heterocycles. The third-order valence-corrected chi connectivity index (χ3v) is 6.11. The van der Waals surface area contributed by atoms with Crippen LogP contribution in [0.4, 0.5) is 0 Å². The molecule has 0 saturated heterocycles. The van der Waals surface area contributed by atoms with Gasteiger partial charge in [-0.05, 0) is 47.7 Å². The molecule has 0 aliphatic carbocycles. The highest BCUT2D eigenvalue weighted by molar-refractivity contribution is 14.1. The zero-order valence-electron chi connectivity index (χ0n) is 12.0. The third kappa shape index (κ3) is 2.16. The minimum Gasteiger partial charge on any atom is -0.283 e. The van der Waals surface area contributed by atoms with Crippen molar-refractivity contribution in [3.63, 3.8) is 0 Å². The van der Waals surface area contributed by atoms with Crippen LogP contribution in [0.25, 0.3) is 16.8 Å². The first-order valence-corrected chi connectivity index (χ1v) is 9.31. The molecule has 23 heavy (non-hydrogen) atoms. The molecular formula is C15H11IN4O2S. The lowest BCUT2D eigenvalue weighted by Gasteiger charge is -2.07. The highest BCUT2D eigenvalue weighted by Crippen LogP contribution is 2.23. The molecule has 0 N–H and O–H groups in total. The van der Waals surface area contributed by atoms with Gasteiger partial charge >= 0.3 is 0 Å². The van der Waals surface area contributed by atoms with Crippen LogP contribution < -0.4 is 0 Å². The van der Waals surface area contributed by atoms with E-state index in [-0.39, 0.29) is 4.90 Å². The Bertz CT molecular complexity index is 1140. The van der Waals surface area contributed by atoms with Crippen molar-refractivity contribution in [2.45, 2.75) is 11.8 Å². The SMILES string of the molecule is Cc1ccc(S(=O)(=O)n2ccc3c2ncc2ncc(I)n23)cc1. The molecule has 1 aromatic carbocycles. The van der Waals surface area contributed by atoms with Crippen LogP contribution in [0.1, 0.15) is 5.56 Å². The molecule has 0 spiro atoms. The maximum Gasteiger partial charge on any atom is 0.269 e. The van der Waals surface area contributed by atoms with Crippen LogP contribution in [0.3, 0.4) is 0 Å². The van der Waals surface area contributed by atoms with E-state index < -0.39 is 10.0 Å². The lowest BCUT2D eigenvalue weighted by Crippen LogP contribution is -2.12. The quantitative estimate of drug-likeness (QED) is 0.452. The van der Waals surface area contributed by atoms with Crippen molar-refractivity contribution in [3.8, 4) is 0 Å². The van der Waals surface area contributed by atoms with Crippen LogP contribution in [-0.2, 0) is 10.0 Å². The van der Waals surface area contributed by atoms with Crippen molar-refractivity contribution >= 4 is 49.4 Å². The summed E-state index contributed by atoms with van der Waals surface area (Å²) in [5.41, 5.74) is 2.79. The van der Waals surface area contributed by atoms with E-state index in [9.17, 15) is 8.42 Å². The summed E-state index contributed by atoms with van der Waals surface area (Å²) in [7, 11) is -3.69. The van der Waals surface area contributed by atoms with Crippen LogP contribution in [0.2, 0.25) is 0 Å². The predicted molar refractivity (Wildman–Crippen MR) is 95.0 cm³/mol. The molecule has 3 heterocycles. The summed E-state index contributed by atoms with van der Waals surface area (Å²) < 4.78 is 29.7. The van der Waals surface area contributed by atoms with Gasteiger partial charge in [-0.25, -0.2) is 22.4 Å². The number of aromatic nitrogens is 4. The van der Waals surface area contributed by atoms with Crippen molar-refractivity contribution < 1.29 is 8.42 Å². The molecule has 0 fully saturated rings. The molecule has 0 bridgehead atoms. The number of rotatable bonds is 2. The summed E-state index contributed by atoms with van der Waals surface area (Å²) in [4.78, 5) is 8.77. The topological polar surface area (TPSA) is 69.3 Å². The number of fused-ring (bicyclic) bond motifs is 3. The fourth-order valence-electron chi connectivity index (χ4n) is 2.50. The van der Waals surface area contributed by atoms with E-state index in [1.54, 1.807) is 42.7 Å². The number of nitrogens with zero attached hydrogens (tertiary/aromatic N) is 4. The van der Waals surface area contributed by atoms with Gasteiger partial charge < -0.3 is 0 Å². The first kappa shape index (κ1) is 14.6. The smallest absolute Gasteiger partial charge is 0.269 e. The molecule has 0 atom stereocenters. The van der Waals surface area contributed by atoms with Gasteiger partial charge in [-0.3, -0.25) is 4.40 Å². The minimum atomic E-state index is -3.69. The normalized spacial score (nSPS) is 12.3. The Morgan fingerprint density at radius 3 is 2.52 bits per heavy atom. The van der Waals surface area contributed by atoms with E-state index in [1.165, 1.54) is 10.2 Å². The standard InChI is InChI=1S/C15H11IN4O2S/c1-10-2-4-11(5-3-10)23(21,22)19-7-6-12-15(19)18-9-14-17-8-13(16)20(12)14/h2-9H,1H3. The predicted octanol–water partition coefficient (Wildman–Crippen LogP) is 2.83. The Kier molecular flexibility index (Phi) is 3.20. The second-order valence-corrected chi connectivity index (χ2v) is 8.09.